The zero-order valence-electron chi connectivity index (χ0n) is 19.7. The van der Waals surface area contributed by atoms with Gasteiger partial charge in [-0.05, 0) is 25.7 Å². The van der Waals surface area contributed by atoms with Gasteiger partial charge in [0.1, 0.15) is 5.54 Å². The molecule has 4 fully saturated rings. The van der Waals surface area contributed by atoms with E-state index in [-0.39, 0.29) is 23.7 Å². The highest BCUT2D eigenvalue weighted by Crippen LogP contribution is 2.37. The summed E-state index contributed by atoms with van der Waals surface area (Å²) in [6.07, 6.45) is 6.84. The van der Waals surface area contributed by atoms with Crippen LogP contribution in [0.15, 0.2) is 6.20 Å². The third-order valence-corrected chi connectivity index (χ3v) is 8.68. The van der Waals surface area contributed by atoms with Crippen molar-refractivity contribution in [1.29, 1.82) is 5.26 Å². The minimum absolute atomic E-state index is 0.105. The van der Waals surface area contributed by atoms with Crippen LogP contribution in [0.2, 0.25) is 0 Å². The molecule has 1 N–H and O–H groups in total. The topological polar surface area (TPSA) is 102 Å². The number of aromatic nitrogens is 1. The fourth-order valence-corrected chi connectivity index (χ4v) is 6.31. The van der Waals surface area contributed by atoms with Crippen LogP contribution in [-0.2, 0) is 20.9 Å². The van der Waals surface area contributed by atoms with Crippen LogP contribution in [0.4, 0.5) is 5.13 Å². The van der Waals surface area contributed by atoms with Gasteiger partial charge in [0.25, 0.3) is 0 Å². The lowest BCUT2D eigenvalue weighted by molar-refractivity contribution is -0.144. The number of nitrogens with one attached hydrogen (secondary N) is 1. The number of carbonyl (C=O) groups excluding carboxylic acids is 2. The quantitative estimate of drug-likeness (QED) is 0.652. The van der Waals surface area contributed by atoms with Gasteiger partial charge >= 0.3 is 0 Å². The molecule has 4 aliphatic rings. The standard InChI is InChI=1S/C24H34N6O3S/c25-17-24(5-6-24)27-21(31)19-3-1-2-4-20(19)22(32)29-7-9-30(10-8-29)23-26-15-18(34-23)16-28-11-13-33-14-12-28/h15,19-20H,1-14,16H2,(H,27,31)/t19-,20-/m1/s1. The Bertz CT molecular complexity index is 927. The Morgan fingerprint density at radius 3 is 2.50 bits per heavy atom. The van der Waals surface area contributed by atoms with E-state index in [2.05, 4.69) is 26.2 Å². The van der Waals surface area contributed by atoms with Gasteiger partial charge in [0.05, 0.1) is 19.3 Å². The number of amides is 2. The smallest absolute Gasteiger partial charge is 0.226 e. The minimum atomic E-state index is -0.678. The van der Waals surface area contributed by atoms with E-state index >= 15 is 0 Å². The number of rotatable bonds is 6. The van der Waals surface area contributed by atoms with Crippen molar-refractivity contribution >= 4 is 28.3 Å². The first kappa shape index (κ1) is 23.5. The van der Waals surface area contributed by atoms with Crippen molar-refractivity contribution < 1.29 is 14.3 Å². The molecule has 9 nitrogen and oxygen atoms in total. The molecule has 2 aliphatic carbocycles. The minimum Gasteiger partial charge on any atom is -0.379 e. The Balaban J connectivity index is 1.14. The summed E-state index contributed by atoms with van der Waals surface area (Å²) in [6.45, 7) is 7.27. The molecule has 5 rings (SSSR count). The van der Waals surface area contributed by atoms with Gasteiger partial charge in [0.15, 0.2) is 5.13 Å². The van der Waals surface area contributed by atoms with Crippen molar-refractivity contribution in [2.24, 2.45) is 11.8 Å². The Morgan fingerprint density at radius 2 is 1.82 bits per heavy atom. The summed E-state index contributed by atoms with van der Waals surface area (Å²) >= 11 is 1.74. The largest absolute Gasteiger partial charge is 0.379 e. The van der Waals surface area contributed by atoms with Crippen molar-refractivity contribution in [3.8, 4) is 6.07 Å². The van der Waals surface area contributed by atoms with Crippen LogP contribution in [0, 0.1) is 23.2 Å². The molecule has 2 amide bonds. The van der Waals surface area contributed by atoms with Gasteiger partial charge in [-0.2, -0.15) is 5.26 Å². The first-order valence-electron chi connectivity index (χ1n) is 12.6. The summed E-state index contributed by atoms with van der Waals surface area (Å²) in [5, 5.41) is 13.3. The van der Waals surface area contributed by atoms with Crippen LogP contribution in [0.1, 0.15) is 43.4 Å². The van der Waals surface area contributed by atoms with E-state index in [0.717, 1.165) is 76.8 Å². The second-order valence-corrected chi connectivity index (χ2v) is 11.1. The molecule has 34 heavy (non-hydrogen) atoms. The van der Waals surface area contributed by atoms with Gasteiger partial charge < -0.3 is 19.9 Å². The average molecular weight is 487 g/mol. The molecule has 3 heterocycles. The van der Waals surface area contributed by atoms with E-state index in [9.17, 15) is 14.9 Å². The summed E-state index contributed by atoms with van der Waals surface area (Å²) in [7, 11) is 0. The van der Waals surface area contributed by atoms with Gasteiger partial charge in [-0.3, -0.25) is 14.5 Å². The van der Waals surface area contributed by atoms with Crippen LogP contribution in [0.5, 0.6) is 0 Å². The molecule has 10 heteroatoms. The van der Waals surface area contributed by atoms with Crippen molar-refractivity contribution in [3.63, 3.8) is 0 Å². The molecule has 0 aromatic carbocycles. The number of ether oxygens (including phenoxy) is 1. The molecule has 1 aromatic heterocycles. The Hall–Kier alpha value is -2.22. The maximum absolute atomic E-state index is 13.4. The zero-order valence-corrected chi connectivity index (χ0v) is 20.5. The monoisotopic (exact) mass is 486 g/mol. The molecule has 1 aromatic rings. The lowest BCUT2D eigenvalue weighted by Gasteiger charge is -2.39. The number of anilines is 1. The fourth-order valence-electron chi connectivity index (χ4n) is 5.31. The Morgan fingerprint density at radius 1 is 1.12 bits per heavy atom. The number of hydrogen-bond acceptors (Lipinski definition) is 8. The number of hydrogen-bond donors (Lipinski definition) is 1. The molecule has 2 atom stereocenters. The molecule has 0 bridgehead atoms. The number of thiazole rings is 1. The first-order valence-corrected chi connectivity index (χ1v) is 13.4. The second-order valence-electron chi connectivity index (χ2n) is 9.99. The number of nitrogens with zero attached hydrogens (tertiary/aromatic N) is 5. The molecule has 184 valence electrons. The summed E-state index contributed by atoms with van der Waals surface area (Å²) < 4.78 is 5.43. The molecule has 2 aliphatic heterocycles. The Kier molecular flexibility index (Phi) is 7.04. The van der Waals surface area contributed by atoms with Crippen molar-refractivity contribution in [3.05, 3.63) is 11.1 Å². The third kappa shape index (κ3) is 5.21. The first-order chi connectivity index (χ1) is 16.6. The lowest BCUT2D eigenvalue weighted by atomic mass is 9.77. The van der Waals surface area contributed by atoms with Crippen molar-refractivity contribution in [2.75, 3.05) is 57.4 Å². The number of nitriles is 1. The number of piperazine rings is 1. The SMILES string of the molecule is N#CC1(NC(=O)[C@@H]2CCCC[C@H]2C(=O)N2CCN(c3ncc(CN4CCOCC4)s3)CC2)CC1. The second kappa shape index (κ2) is 10.2. The molecule has 0 unspecified atom stereocenters. The van der Waals surface area contributed by atoms with E-state index in [4.69, 9.17) is 4.74 Å². The van der Waals surface area contributed by atoms with Gasteiger partial charge in [-0.1, -0.05) is 12.8 Å². The molecule has 0 spiro atoms. The van der Waals surface area contributed by atoms with Crippen LogP contribution >= 0.6 is 11.3 Å². The van der Waals surface area contributed by atoms with Crippen LogP contribution in [0.25, 0.3) is 0 Å². The maximum atomic E-state index is 13.4. The normalized spacial score (nSPS) is 27.1. The van der Waals surface area contributed by atoms with Crippen LogP contribution in [0.3, 0.4) is 0 Å². The zero-order chi connectivity index (χ0) is 23.5. The maximum Gasteiger partial charge on any atom is 0.226 e. The molecule has 2 saturated heterocycles. The molecular formula is C24H34N6O3S. The van der Waals surface area contributed by atoms with E-state index < -0.39 is 5.54 Å². The highest BCUT2D eigenvalue weighted by atomic mass is 32.1. The number of carbonyl (C=O) groups is 2. The van der Waals surface area contributed by atoms with Gasteiger partial charge in [-0.25, -0.2) is 4.98 Å². The van der Waals surface area contributed by atoms with Crippen molar-refractivity contribution in [2.45, 2.75) is 50.6 Å². The molecule has 2 saturated carbocycles. The molecule has 0 radical (unpaired) electrons. The lowest BCUT2D eigenvalue weighted by Crippen LogP contribution is -2.53. The summed E-state index contributed by atoms with van der Waals surface area (Å²) in [5.41, 5.74) is -0.678. The fraction of sp³-hybridized carbons (Fsp3) is 0.750. The van der Waals surface area contributed by atoms with E-state index in [1.165, 1.54) is 4.88 Å². The molecular weight excluding hydrogens is 452 g/mol. The van der Waals surface area contributed by atoms with E-state index in [1.54, 1.807) is 11.3 Å². The van der Waals surface area contributed by atoms with Crippen LogP contribution in [-0.4, -0.2) is 84.6 Å². The highest BCUT2D eigenvalue weighted by Gasteiger charge is 2.47. The van der Waals surface area contributed by atoms with Crippen LogP contribution < -0.4 is 10.2 Å². The predicted octanol–water partition coefficient (Wildman–Crippen LogP) is 1.60. The number of morpholine rings is 1. The average Bonchev–Trinajstić information content (AvgIpc) is 3.51. The van der Waals surface area contributed by atoms with Crippen molar-refractivity contribution in [1.82, 2.24) is 20.1 Å². The van der Waals surface area contributed by atoms with Gasteiger partial charge in [0, 0.05) is 68.7 Å². The van der Waals surface area contributed by atoms with E-state index in [1.807, 2.05) is 11.1 Å². The van der Waals surface area contributed by atoms with Gasteiger partial charge in [-0.15, -0.1) is 11.3 Å². The third-order valence-electron chi connectivity index (χ3n) is 7.63. The predicted molar refractivity (Wildman–Crippen MR) is 128 cm³/mol. The van der Waals surface area contributed by atoms with E-state index in [0.29, 0.717) is 25.9 Å². The summed E-state index contributed by atoms with van der Waals surface area (Å²) in [5.74, 6) is -0.582. The highest BCUT2D eigenvalue weighted by molar-refractivity contribution is 7.15. The van der Waals surface area contributed by atoms with Gasteiger partial charge in [0.2, 0.25) is 11.8 Å². The Labute approximate surface area is 205 Å². The summed E-state index contributed by atoms with van der Waals surface area (Å²) in [6, 6.07) is 2.23. The summed E-state index contributed by atoms with van der Waals surface area (Å²) in [4.78, 5) is 38.9.